The topological polar surface area (TPSA) is 97.7 Å². The van der Waals surface area contributed by atoms with Crippen LogP contribution in [0, 0.1) is 0 Å². The van der Waals surface area contributed by atoms with Gasteiger partial charge in [-0.15, -0.1) is 0 Å². The molecule has 2 aromatic heterocycles. The SMILES string of the molecule is CCCc1ccc(-c2cc3cn([C@H]4C[C@H](O)[C@@H](CO)O4)c(=O)nc3o2)cc1. The van der Waals surface area contributed by atoms with Crippen LogP contribution in [0.1, 0.15) is 31.6 Å². The van der Waals surface area contributed by atoms with Crippen molar-refractivity contribution in [2.24, 2.45) is 0 Å². The molecule has 7 nitrogen and oxygen atoms in total. The molecule has 1 aliphatic rings. The number of nitrogens with zero attached hydrogens (tertiary/aromatic N) is 2. The lowest BCUT2D eigenvalue weighted by molar-refractivity contribution is -0.0457. The molecule has 3 heterocycles. The van der Waals surface area contributed by atoms with Gasteiger partial charge in [-0.1, -0.05) is 37.6 Å². The van der Waals surface area contributed by atoms with Crippen LogP contribution >= 0.6 is 0 Å². The number of hydrogen-bond donors (Lipinski definition) is 2. The van der Waals surface area contributed by atoms with Crippen molar-refractivity contribution >= 4 is 11.1 Å². The Morgan fingerprint density at radius 2 is 2.07 bits per heavy atom. The van der Waals surface area contributed by atoms with Crippen molar-refractivity contribution in [1.29, 1.82) is 0 Å². The number of aryl methyl sites for hydroxylation is 1. The van der Waals surface area contributed by atoms with Gasteiger partial charge in [0.1, 0.15) is 18.1 Å². The van der Waals surface area contributed by atoms with Gasteiger partial charge in [-0.2, -0.15) is 4.98 Å². The van der Waals surface area contributed by atoms with Crippen LogP contribution in [-0.2, 0) is 11.2 Å². The van der Waals surface area contributed by atoms with Crippen molar-refractivity contribution in [1.82, 2.24) is 9.55 Å². The fraction of sp³-hybridized carbons (Fsp3) is 0.400. The molecule has 1 aromatic carbocycles. The molecule has 4 rings (SSSR count). The maximum atomic E-state index is 12.4. The van der Waals surface area contributed by atoms with Gasteiger partial charge in [-0.05, 0) is 18.1 Å². The Morgan fingerprint density at radius 3 is 2.74 bits per heavy atom. The zero-order valence-corrected chi connectivity index (χ0v) is 15.0. The molecular formula is C20H22N2O5. The van der Waals surface area contributed by atoms with E-state index < -0.39 is 24.1 Å². The molecule has 0 spiro atoms. The molecule has 1 aliphatic heterocycles. The molecule has 27 heavy (non-hydrogen) atoms. The Hall–Kier alpha value is -2.48. The van der Waals surface area contributed by atoms with E-state index in [2.05, 4.69) is 24.0 Å². The Bertz CT molecular complexity index is 992. The molecular weight excluding hydrogens is 348 g/mol. The monoisotopic (exact) mass is 370 g/mol. The van der Waals surface area contributed by atoms with Crippen molar-refractivity contribution in [2.75, 3.05) is 6.61 Å². The van der Waals surface area contributed by atoms with Gasteiger partial charge in [0, 0.05) is 18.2 Å². The highest BCUT2D eigenvalue weighted by atomic mass is 16.5. The second kappa shape index (κ2) is 7.26. The van der Waals surface area contributed by atoms with E-state index in [-0.39, 0.29) is 18.7 Å². The van der Waals surface area contributed by atoms with E-state index in [9.17, 15) is 15.0 Å². The molecule has 0 unspecified atom stereocenters. The average Bonchev–Trinajstić information content (AvgIpc) is 3.24. The van der Waals surface area contributed by atoms with Crippen molar-refractivity contribution in [3.05, 3.63) is 52.6 Å². The summed E-state index contributed by atoms with van der Waals surface area (Å²) in [5.74, 6) is 0.637. The summed E-state index contributed by atoms with van der Waals surface area (Å²) in [5.41, 5.74) is 1.93. The summed E-state index contributed by atoms with van der Waals surface area (Å²) < 4.78 is 12.7. The summed E-state index contributed by atoms with van der Waals surface area (Å²) in [7, 11) is 0. The largest absolute Gasteiger partial charge is 0.437 e. The minimum atomic E-state index is -0.816. The van der Waals surface area contributed by atoms with Crippen molar-refractivity contribution in [2.45, 2.75) is 44.6 Å². The number of aliphatic hydroxyl groups excluding tert-OH is 2. The molecule has 3 aromatic rings. The third-order valence-corrected chi connectivity index (χ3v) is 4.91. The maximum absolute atomic E-state index is 12.4. The van der Waals surface area contributed by atoms with Crippen molar-refractivity contribution in [3.63, 3.8) is 0 Å². The van der Waals surface area contributed by atoms with E-state index in [0.717, 1.165) is 18.4 Å². The molecule has 1 saturated heterocycles. The van der Waals surface area contributed by atoms with Gasteiger partial charge in [-0.3, -0.25) is 4.57 Å². The molecule has 0 aliphatic carbocycles. The summed E-state index contributed by atoms with van der Waals surface area (Å²) >= 11 is 0. The van der Waals surface area contributed by atoms with Crippen LogP contribution < -0.4 is 5.69 Å². The van der Waals surface area contributed by atoms with Gasteiger partial charge >= 0.3 is 5.69 Å². The van der Waals surface area contributed by atoms with Gasteiger partial charge in [-0.25, -0.2) is 4.79 Å². The lowest BCUT2D eigenvalue weighted by Crippen LogP contribution is -2.27. The molecule has 0 saturated carbocycles. The maximum Gasteiger partial charge on any atom is 0.353 e. The van der Waals surface area contributed by atoms with Crippen LogP contribution in [0.3, 0.4) is 0 Å². The smallest absolute Gasteiger partial charge is 0.353 e. The first-order valence-corrected chi connectivity index (χ1v) is 9.15. The highest BCUT2D eigenvalue weighted by Gasteiger charge is 2.35. The number of aromatic nitrogens is 2. The molecule has 3 atom stereocenters. The Kier molecular flexibility index (Phi) is 4.82. The first-order chi connectivity index (χ1) is 13.1. The van der Waals surface area contributed by atoms with E-state index in [1.54, 1.807) is 6.20 Å². The normalized spacial score (nSPS) is 22.6. The molecule has 7 heteroatoms. The van der Waals surface area contributed by atoms with Gasteiger partial charge in [0.25, 0.3) is 0 Å². The first kappa shape index (κ1) is 17.9. The lowest BCUT2D eigenvalue weighted by atomic mass is 10.1. The Labute approximate surface area is 155 Å². The average molecular weight is 370 g/mol. The third kappa shape index (κ3) is 3.41. The molecule has 0 bridgehead atoms. The van der Waals surface area contributed by atoms with Crippen LogP contribution in [0.15, 0.2) is 45.7 Å². The summed E-state index contributed by atoms with van der Waals surface area (Å²) in [5, 5.41) is 19.8. The standard InChI is InChI=1S/C20H22N2O5/c1-2-3-12-4-6-13(7-5-12)16-8-14-10-22(20(25)21-19(14)27-16)18-9-15(24)17(11-23)26-18/h4-8,10,15,17-18,23-24H,2-3,9,11H2,1H3/t15-,17+,18+/m0/s1. The van der Waals surface area contributed by atoms with E-state index in [1.807, 2.05) is 18.2 Å². The van der Waals surface area contributed by atoms with E-state index in [4.69, 9.17) is 9.15 Å². The zero-order chi connectivity index (χ0) is 19.0. The number of hydrogen-bond acceptors (Lipinski definition) is 6. The third-order valence-electron chi connectivity index (χ3n) is 4.91. The molecule has 0 amide bonds. The van der Waals surface area contributed by atoms with Crippen molar-refractivity contribution in [3.8, 4) is 11.3 Å². The van der Waals surface area contributed by atoms with Gasteiger partial charge < -0.3 is 19.4 Å². The number of aliphatic hydroxyl groups is 2. The lowest BCUT2D eigenvalue weighted by Gasteiger charge is -2.13. The number of benzene rings is 1. The van der Waals surface area contributed by atoms with Gasteiger partial charge in [0.15, 0.2) is 0 Å². The minimum absolute atomic E-state index is 0.224. The predicted molar refractivity (Wildman–Crippen MR) is 99.3 cm³/mol. The molecule has 1 fully saturated rings. The molecule has 142 valence electrons. The van der Waals surface area contributed by atoms with Crippen LogP contribution in [0.2, 0.25) is 0 Å². The number of furan rings is 1. The number of fused-ring (bicyclic) bond motifs is 1. The predicted octanol–water partition coefficient (Wildman–Crippen LogP) is 2.25. The fourth-order valence-electron chi connectivity index (χ4n) is 3.45. The van der Waals surface area contributed by atoms with Gasteiger partial charge in [0.2, 0.25) is 5.71 Å². The number of ether oxygens (including phenoxy) is 1. The van der Waals surface area contributed by atoms with Crippen molar-refractivity contribution < 1.29 is 19.4 Å². The van der Waals surface area contributed by atoms with Gasteiger partial charge in [0.05, 0.1) is 18.1 Å². The van der Waals surface area contributed by atoms with Crippen LogP contribution in [-0.4, -0.2) is 38.6 Å². The van der Waals surface area contributed by atoms with Crippen LogP contribution in [0.5, 0.6) is 0 Å². The Balaban J connectivity index is 1.66. The quantitative estimate of drug-likeness (QED) is 0.715. The summed E-state index contributed by atoms with van der Waals surface area (Å²) in [4.78, 5) is 16.4. The van der Waals surface area contributed by atoms with E-state index >= 15 is 0 Å². The van der Waals surface area contributed by atoms with E-state index in [0.29, 0.717) is 11.1 Å². The Morgan fingerprint density at radius 1 is 1.30 bits per heavy atom. The first-order valence-electron chi connectivity index (χ1n) is 9.15. The highest BCUT2D eigenvalue weighted by Crippen LogP contribution is 2.30. The molecule has 2 N–H and O–H groups in total. The fourth-order valence-corrected chi connectivity index (χ4v) is 3.45. The van der Waals surface area contributed by atoms with Crippen LogP contribution in [0.25, 0.3) is 22.4 Å². The minimum Gasteiger partial charge on any atom is -0.437 e. The summed E-state index contributed by atoms with van der Waals surface area (Å²) in [6.45, 7) is 1.84. The summed E-state index contributed by atoms with van der Waals surface area (Å²) in [6.07, 6.45) is 1.80. The second-order valence-corrected chi connectivity index (χ2v) is 6.86. The van der Waals surface area contributed by atoms with E-state index in [1.165, 1.54) is 10.1 Å². The zero-order valence-electron chi connectivity index (χ0n) is 15.0. The highest BCUT2D eigenvalue weighted by molar-refractivity contribution is 5.79. The summed E-state index contributed by atoms with van der Waals surface area (Å²) in [6, 6.07) is 9.97. The van der Waals surface area contributed by atoms with Crippen LogP contribution in [0.4, 0.5) is 0 Å². The molecule has 0 radical (unpaired) electrons. The second-order valence-electron chi connectivity index (χ2n) is 6.86. The number of rotatable bonds is 5.